The number of hydrogen-bond acceptors (Lipinski definition) is 0. The Labute approximate surface area is 291 Å². The number of fused-ring (bicyclic) bond motifs is 5. The van der Waals surface area contributed by atoms with E-state index >= 15 is 0 Å². The van der Waals surface area contributed by atoms with Gasteiger partial charge in [0, 0.05) is 15.4 Å². The van der Waals surface area contributed by atoms with E-state index in [4.69, 9.17) is 0 Å². The van der Waals surface area contributed by atoms with Gasteiger partial charge in [-0.1, -0.05) is 147 Å². The van der Waals surface area contributed by atoms with Gasteiger partial charge in [0.2, 0.25) is 0 Å². The predicted octanol–water partition coefficient (Wildman–Crippen LogP) is 5.43. The topological polar surface area (TPSA) is 0 Å². The summed E-state index contributed by atoms with van der Waals surface area (Å²) in [6.45, 7) is 6.60. The van der Waals surface area contributed by atoms with Gasteiger partial charge in [0.15, 0.2) is 0 Å². The van der Waals surface area contributed by atoms with Gasteiger partial charge < -0.3 is 24.8 Å². The molecule has 1 unspecified atom stereocenters. The average Bonchev–Trinajstić information content (AvgIpc) is 3.56. The Morgan fingerprint density at radius 1 is 0.651 bits per heavy atom. The molecule has 0 aliphatic heterocycles. The number of unbranched alkanes of at least 4 members (excludes halogenated alkanes) is 2. The van der Waals surface area contributed by atoms with Crippen molar-refractivity contribution in [2.24, 2.45) is 0 Å². The first-order chi connectivity index (χ1) is 19.7. The van der Waals surface area contributed by atoms with E-state index in [0.29, 0.717) is 5.92 Å². The molecule has 6 aromatic rings. The summed E-state index contributed by atoms with van der Waals surface area (Å²) >= 11 is 0. The SMILES string of the molecule is CCCCCC1=Cc2c(-c3cccc4ccccc34)cccc2C1c1cccc2c1[cH-]c1ccccc12.C[Si]C.[Cl-].[Cl-].[Zr+3]. The first kappa shape index (κ1) is 35.1. The molecule has 43 heavy (non-hydrogen) atoms. The zero-order valence-electron chi connectivity index (χ0n) is 25.1. The molecule has 0 amide bonds. The quantitative estimate of drug-likeness (QED) is 0.124. The summed E-state index contributed by atoms with van der Waals surface area (Å²) < 4.78 is 0. The maximum atomic E-state index is 2.54. The molecular weight excluding hydrogens is 659 g/mol. The van der Waals surface area contributed by atoms with Crippen molar-refractivity contribution in [1.29, 1.82) is 0 Å². The van der Waals surface area contributed by atoms with Crippen molar-refractivity contribution in [3.8, 4) is 11.1 Å². The molecule has 0 bridgehead atoms. The van der Waals surface area contributed by atoms with Gasteiger partial charge in [0.05, 0.1) is 0 Å². The Morgan fingerprint density at radius 2 is 1.26 bits per heavy atom. The minimum Gasteiger partial charge on any atom is -1.00 e. The van der Waals surface area contributed by atoms with Crippen LogP contribution in [-0.4, -0.2) is 9.52 Å². The second kappa shape index (κ2) is 16.1. The van der Waals surface area contributed by atoms with Gasteiger partial charge in [-0.25, -0.2) is 0 Å². The van der Waals surface area contributed by atoms with Crippen molar-refractivity contribution in [2.75, 3.05) is 0 Å². The standard InChI is InChI=1S/C37H31.C2H6Si.2ClH.Zr/c1-2-3-4-14-27-24-36-32(30-18-9-15-25-12-5-7-16-28(25)30)20-11-22-34(36)37(27)33-21-10-19-31-29-17-8-6-13-26(29)23-35(31)33;1-3-2;;;/h5-13,15-24,37H,2-4,14H2,1H3;1-2H3;2*1H;/q-1;;;;+3/p-2. The molecule has 3 radical (unpaired) electrons. The number of allylic oxidation sites excluding steroid dienone is 1. The van der Waals surface area contributed by atoms with Gasteiger partial charge >= 0.3 is 26.2 Å². The van der Waals surface area contributed by atoms with Gasteiger partial charge in [-0.3, -0.25) is 0 Å². The van der Waals surface area contributed by atoms with Crippen LogP contribution >= 0.6 is 0 Å². The Bertz CT molecular complexity index is 1830. The van der Waals surface area contributed by atoms with Crippen LogP contribution in [0.2, 0.25) is 13.1 Å². The van der Waals surface area contributed by atoms with Gasteiger partial charge in [0.25, 0.3) is 0 Å². The summed E-state index contributed by atoms with van der Waals surface area (Å²) in [5.74, 6) is 0.308. The van der Waals surface area contributed by atoms with E-state index in [1.807, 2.05) is 0 Å². The minimum absolute atomic E-state index is 0. The van der Waals surface area contributed by atoms with Gasteiger partial charge in [-0.15, -0.1) is 33.7 Å². The molecule has 4 heteroatoms. The Morgan fingerprint density at radius 3 is 2.05 bits per heavy atom. The van der Waals surface area contributed by atoms with Crippen LogP contribution in [0.25, 0.3) is 49.5 Å². The molecule has 6 aromatic carbocycles. The summed E-state index contributed by atoms with van der Waals surface area (Å²) in [6, 6.07) is 40.6. The van der Waals surface area contributed by atoms with E-state index in [2.05, 4.69) is 135 Å². The minimum atomic E-state index is 0. The third kappa shape index (κ3) is 6.84. The molecule has 0 saturated carbocycles. The van der Waals surface area contributed by atoms with Crippen LogP contribution in [0, 0.1) is 0 Å². The molecular formula is C39H37Cl2SiZr. The molecule has 215 valence electrons. The molecule has 0 N–H and O–H groups in total. The van der Waals surface area contributed by atoms with Gasteiger partial charge in [0.1, 0.15) is 0 Å². The summed E-state index contributed by atoms with van der Waals surface area (Å²) in [6.07, 6.45) is 7.46. The smallest absolute Gasteiger partial charge is 1.00 e. The van der Waals surface area contributed by atoms with Gasteiger partial charge in [-0.2, -0.15) is 0 Å². The molecule has 0 spiro atoms. The molecule has 0 aromatic heterocycles. The molecule has 1 aliphatic rings. The maximum Gasteiger partial charge on any atom is 3.00 e. The monoisotopic (exact) mass is 693 g/mol. The van der Waals surface area contributed by atoms with Crippen molar-refractivity contribution >= 4 is 47.9 Å². The zero-order chi connectivity index (χ0) is 27.5. The van der Waals surface area contributed by atoms with E-state index in [9.17, 15) is 0 Å². The van der Waals surface area contributed by atoms with Crippen LogP contribution in [0.3, 0.4) is 0 Å². The van der Waals surface area contributed by atoms with Crippen molar-refractivity contribution in [2.45, 2.75) is 51.6 Å². The first-order valence-electron chi connectivity index (χ1n) is 14.7. The number of halogens is 2. The molecule has 7 rings (SSSR count). The van der Waals surface area contributed by atoms with E-state index < -0.39 is 0 Å². The Hall–Kier alpha value is -2.35. The third-order valence-electron chi connectivity index (χ3n) is 8.30. The van der Waals surface area contributed by atoms with E-state index in [1.165, 1.54) is 79.4 Å². The Balaban J connectivity index is 0.000000812. The fourth-order valence-corrected chi connectivity index (χ4v) is 6.58. The number of rotatable bonds is 6. The van der Waals surface area contributed by atoms with Crippen LogP contribution in [0.1, 0.15) is 55.2 Å². The van der Waals surface area contributed by atoms with Crippen LogP contribution in [0.15, 0.2) is 115 Å². The Kier molecular flexibility index (Phi) is 13.2. The second-order valence-electron chi connectivity index (χ2n) is 11.0. The molecule has 0 fully saturated rings. The zero-order valence-corrected chi connectivity index (χ0v) is 30.1. The molecule has 1 atom stereocenters. The molecule has 0 nitrogen and oxygen atoms in total. The van der Waals surface area contributed by atoms with E-state index in [0.717, 1.165) is 15.9 Å². The van der Waals surface area contributed by atoms with E-state index in [1.54, 1.807) is 5.57 Å². The van der Waals surface area contributed by atoms with Gasteiger partial charge in [-0.05, 0) is 45.9 Å². The van der Waals surface area contributed by atoms with Crippen LogP contribution in [0.5, 0.6) is 0 Å². The third-order valence-corrected chi connectivity index (χ3v) is 8.30. The second-order valence-corrected chi connectivity index (χ2v) is 12.0. The molecule has 0 saturated heterocycles. The summed E-state index contributed by atoms with van der Waals surface area (Å²) in [5.41, 5.74) is 8.55. The van der Waals surface area contributed by atoms with E-state index in [-0.39, 0.29) is 51.0 Å². The number of benzene rings is 5. The van der Waals surface area contributed by atoms with Crippen LogP contribution in [-0.2, 0) is 26.2 Å². The number of hydrogen-bond donors (Lipinski definition) is 0. The maximum absolute atomic E-state index is 2.54. The normalized spacial score (nSPS) is 13.3. The fraction of sp³-hybridized carbons (Fsp3) is 0.205. The van der Waals surface area contributed by atoms with Crippen molar-refractivity contribution in [3.63, 3.8) is 0 Å². The first-order valence-corrected chi connectivity index (χ1v) is 16.7. The predicted molar refractivity (Wildman–Crippen MR) is 178 cm³/mol. The fourth-order valence-electron chi connectivity index (χ4n) is 6.58. The molecule has 0 heterocycles. The van der Waals surface area contributed by atoms with Crippen molar-refractivity contribution in [1.82, 2.24) is 0 Å². The molecule has 1 aliphatic carbocycles. The van der Waals surface area contributed by atoms with Crippen LogP contribution < -0.4 is 24.8 Å². The average molecular weight is 696 g/mol. The van der Waals surface area contributed by atoms with Crippen molar-refractivity contribution < 1.29 is 51.0 Å². The van der Waals surface area contributed by atoms with Crippen molar-refractivity contribution in [3.05, 3.63) is 131 Å². The van der Waals surface area contributed by atoms with Crippen LogP contribution in [0.4, 0.5) is 0 Å². The summed E-state index contributed by atoms with van der Waals surface area (Å²) in [7, 11) is 1.08. The summed E-state index contributed by atoms with van der Waals surface area (Å²) in [4.78, 5) is 0. The summed E-state index contributed by atoms with van der Waals surface area (Å²) in [5, 5.41) is 8.10. The largest absolute Gasteiger partial charge is 3.00 e.